The van der Waals surface area contributed by atoms with E-state index >= 15 is 4.79 Å². The molecule has 8 N–H and O–H groups in total. The Bertz CT molecular complexity index is 6250. The zero-order valence-electron chi connectivity index (χ0n) is 84.5. The zero-order chi connectivity index (χ0) is 104. The van der Waals surface area contributed by atoms with Crippen LogP contribution >= 0.6 is 23.5 Å². The summed E-state index contributed by atoms with van der Waals surface area (Å²) in [6.07, 6.45) is -1.48. The van der Waals surface area contributed by atoms with Gasteiger partial charge in [-0.1, -0.05) is 12.1 Å². The van der Waals surface area contributed by atoms with Crippen molar-refractivity contribution in [2.24, 2.45) is 0 Å². The summed E-state index contributed by atoms with van der Waals surface area (Å²) < 4.78 is 99.8. The molecule has 14 aliphatic heterocycles. The summed E-state index contributed by atoms with van der Waals surface area (Å²) in [5.41, 5.74) is 4.50. The number of methoxy groups -OCH3 is 4. The number of carbonyl (C=O) groups is 8. The summed E-state index contributed by atoms with van der Waals surface area (Å²) >= 11 is 2.85. The van der Waals surface area contributed by atoms with Crippen molar-refractivity contribution in [2.75, 3.05) is 93.9 Å². The van der Waals surface area contributed by atoms with Crippen molar-refractivity contribution in [3.8, 4) is 92.6 Å². The van der Waals surface area contributed by atoms with E-state index in [-0.39, 0.29) is 96.4 Å². The number of piperazine rings is 2. The molecule has 16 atom stereocenters. The molecule has 41 heteroatoms. The summed E-state index contributed by atoms with van der Waals surface area (Å²) in [7, 11) is 9.87. The van der Waals surface area contributed by atoms with E-state index in [0.29, 0.717) is 134 Å². The van der Waals surface area contributed by atoms with Crippen LogP contribution in [0.15, 0.2) is 36.4 Å². The number of rotatable bonds is 11. The second-order valence-electron chi connectivity index (χ2n) is 41.6. The van der Waals surface area contributed by atoms with Crippen LogP contribution in [0.5, 0.6) is 80.5 Å². The van der Waals surface area contributed by atoms with Crippen LogP contribution in [0, 0.1) is 50.4 Å². The van der Waals surface area contributed by atoms with Crippen LogP contribution in [-0.2, 0) is 84.4 Å². The van der Waals surface area contributed by atoms with E-state index < -0.39 is 153 Å². The first-order valence-corrected chi connectivity index (χ1v) is 49.4. The fourth-order valence-electron chi connectivity index (χ4n) is 22.1. The Hall–Kier alpha value is -12.5. The largest absolute Gasteiger partial charge is 0.514 e. The third kappa shape index (κ3) is 18.7. The van der Waals surface area contributed by atoms with Crippen molar-refractivity contribution >= 4 is 71.9 Å². The number of carbonyl (C=O) groups excluding carboxylic acids is 7. The maximum absolute atomic E-state index is 15.2. The molecule has 0 radical (unpaired) electrons. The summed E-state index contributed by atoms with van der Waals surface area (Å²) in [4.78, 5) is 113. The predicted octanol–water partition coefficient (Wildman–Crippen LogP) is 12.8. The lowest BCUT2D eigenvalue weighted by atomic mass is 9.71. The molecule has 4 saturated heterocycles. The fourth-order valence-corrected chi connectivity index (χ4v) is 25.5. The molecular formula is C102H124N10O29S2. The first-order valence-electron chi connectivity index (χ1n) is 47.3. The van der Waals surface area contributed by atoms with Gasteiger partial charge in [-0.15, -0.1) is 23.5 Å². The quantitative estimate of drug-likeness (QED) is 0.0258. The molecule has 768 valence electrons. The molecule has 2 spiro atoms. The number of alkyl carbamates (subject to hydrolysis) is 2. The number of aliphatic carboxylic acids is 1. The maximum atomic E-state index is 15.2. The van der Waals surface area contributed by atoms with Crippen molar-refractivity contribution in [3.05, 3.63) is 125 Å². The van der Waals surface area contributed by atoms with Crippen molar-refractivity contribution in [1.82, 2.24) is 40.9 Å². The number of nitrogens with zero attached hydrogens (tertiary/aromatic N) is 6. The minimum atomic E-state index is -1.53. The topological polar surface area (TPSA) is 483 Å². The van der Waals surface area contributed by atoms with Crippen molar-refractivity contribution in [3.63, 3.8) is 0 Å². The number of ether oxygens (including phenoxy) is 17. The van der Waals surface area contributed by atoms with Gasteiger partial charge in [-0.05, 0) is 233 Å². The van der Waals surface area contributed by atoms with Gasteiger partial charge in [0, 0.05) is 93.3 Å². The molecule has 0 aliphatic carbocycles. The van der Waals surface area contributed by atoms with Gasteiger partial charge in [0.1, 0.15) is 71.3 Å². The lowest BCUT2D eigenvalue weighted by Gasteiger charge is -2.62. The Morgan fingerprint density at radius 3 is 1.27 bits per heavy atom. The number of nitrogens with one attached hydrogen (secondary N) is 4. The minimum Gasteiger partial charge on any atom is -0.507 e. The van der Waals surface area contributed by atoms with Crippen LogP contribution in [0.25, 0.3) is 0 Å². The average Bonchev–Trinajstić information content (AvgIpc) is 1.59. The number of thioether (sulfide) groups is 2. The first kappa shape index (κ1) is 103. The second kappa shape index (κ2) is 38.9. The van der Waals surface area contributed by atoms with Crippen LogP contribution in [0.1, 0.15) is 221 Å². The minimum absolute atomic E-state index is 0.0119. The molecule has 0 aromatic heterocycles. The average molecular weight is 2020 g/mol. The number of aryl methyl sites for hydroxylation is 2. The second-order valence-corrected chi connectivity index (χ2v) is 43.9. The molecule has 2 amide bonds. The molecule has 143 heavy (non-hydrogen) atoms. The number of amides is 2. The predicted molar refractivity (Wildman–Crippen MR) is 516 cm³/mol. The van der Waals surface area contributed by atoms with Gasteiger partial charge in [0.15, 0.2) is 80.1 Å². The highest BCUT2D eigenvalue weighted by Gasteiger charge is 2.65. The van der Waals surface area contributed by atoms with Crippen LogP contribution in [-0.4, -0.2) is 253 Å². The lowest BCUT2D eigenvalue weighted by Crippen LogP contribution is -2.69. The summed E-state index contributed by atoms with van der Waals surface area (Å²) in [5.74, 6) is 0.236. The highest BCUT2D eigenvalue weighted by atomic mass is 32.2. The molecule has 14 aliphatic rings. The molecule has 6 aromatic rings. The molecule has 4 fully saturated rings. The number of esters is 3. The number of aromatic hydroxyl groups is 3. The molecule has 2 unspecified atom stereocenters. The smallest absolute Gasteiger partial charge is 0.507 e. The Morgan fingerprint density at radius 1 is 0.483 bits per heavy atom. The van der Waals surface area contributed by atoms with Crippen LogP contribution in [0.2, 0.25) is 0 Å². The number of nitriles is 2. The normalized spacial score (nSPS) is 25.6. The molecular weight excluding hydrogens is 1890 g/mol. The molecule has 14 heterocycles. The number of phenols is 3. The van der Waals surface area contributed by atoms with Gasteiger partial charge in [-0.25, -0.2) is 33.6 Å². The van der Waals surface area contributed by atoms with Crippen molar-refractivity contribution < 1.29 is 139 Å². The highest BCUT2D eigenvalue weighted by Crippen LogP contribution is 2.68. The Kier molecular flexibility index (Phi) is 28.1. The van der Waals surface area contributed by atoms with E-state index in [1.54, 1.807) is 121 Å². The number of phenolic OH excluding ortho intramolecular Hbond substituents is 3. The van der Waals surface area contributed by atoms with E-state index in [1.807, 2.05) is 40.1 Å². The van der Waals surface area contributed by atoms with Gasteiger partial charge in [0.05, 0.1) is 75.2 Å². The Balaban J connectivity index is 0.000000185. The SMILES string of the molecule is COc1cc2c(cc1OC(=O)OC(C)(C)C)CCN[C@]21CS[C@@H]2c3c(O)c(C)c4c(c3[C@H](COC1=O)N1C2[C@H]2c3c(cc(C)c(OC)c3O)C[C@@H]([C@@H]1C#N)N2C)OCO4.COc1cc2c(cc1OC(=O)OC(C)(C)C)CCN[C@]21CS[C@@H]2c3c(OC(=O)[C@H](C)NC(=O)OC(C)(C)C)c(C)c4c(c3[C@H](COC1=O)N1C2[C@H]2c3c(cc(C)c(OC)c3O)C[C@@H]([C@@H]1C#N)N2C)OCO4.C[C@H](NC(=O)OC(C)(C)C)C(=O)O. The Labute approximate surface area is 836 Å². The molecule has 6 aromatic carbocycles. The van der Waals surface area contributed by atoms with E-state index in [1.165, 1.54) is 65.8 Å². The van der Waals surface area contributed by atoms with Crippen LogP contribution < -0.4 is 73.4 Å². The van der Waals surface area contributed by atoms with Gasteiger partial charge in [-0.3, -0.25) is 35.0 Å². The first-order chi connectivity index (χ1) is 67.4. The molecule has 8 bridgehead atoms. The fraction of sp³-hybridized carbons (Fsp3) is 0.549. The van der Waals surface area contributed by atoms with Crippen molar-refractivity contribution in [2.45, 2.75) is 267 Å². The molecule has 20 rings (SSSR count). The summed E-state index contributed by atoms with van der Waals surface area (Å²) in [6.45, 7) is 30.9. The van der Waals surface area contributed by atoms with Crippen LogP contribution in [0.4, 0.5) is 19.2 Å². The van der Waals surface area contributed by atoms with Gasteiger partial charge in [0.25, 0.3) is 0 Å². The van der Waals surface area contributed by atoms with Crippen LogP contribution in [0.3, 0.4) is 0 Å². The number of hydrogen-bond donors (Lipinski definition) is 8. The van der Waals surface area contributed by atoms with E-state index in [9.17, 15) is 59.4 Å². The summed E-state index contributed by atoms with van der Waals surface area (Å²) in [5, 5.41) is 78.1. The Morgan fingerprint density at radius 2 is 0.874 bits per heavy atom. The van der Waals surface area contributed by atoms with E-state index in [4.69, 9.17) is 85.6 Å². The van der Waals surface area contributed by atoms with Gasteiger partial charge in [-0.2, -0.15) is 10.5 Å². The third-order valence-corrected chi connectivity index (χ3v) is 30.9. The van der Waals surface area contributed by atoms with Gasteiger partial charge >= 0.3 is 48.4 Å². The number of carboxylic acid groups (broad SMARTS) is 1. The third-order valence-electron chi connectivity index (χ3n) is 27.9. The van der Waals surface area contributed by atoms with E-state index in [2.05, 4.69) is 53.0 Å². The van der Waals surface area contributed by atoms with Crippen molar-refractivity contribution in [1.29, 1.82) is 10.5 Å². The number of fused-ring (bicyclic) bond motifs is 18. The highest BCUT2D eigenvalue weighted by molar-refractivity contribution is 7.99. The summed E-state index contributed by atoms with van der Waals surface area (Å²) in [6, 6.07) is 7.85. The number of likely N-dealkylation sites (N-methyl/N-ethyl adjacent to an activating group) is 2. The van der Waals surface area contributed by atoms with Gasteiger partial charge < -0.3 is 112 Å². The van der Waals surface area contributed by atoms with Gasteiger partial charge in [0.2, 0.25) is 13.6 Å². The lowest BCUT2D eigenvalue weighted by molar-refractivity contribution is -0.158. The molecule has 39 nitrogen and oxygen atoms in total. The number of benzene rings is 6. The zero-order valence-corrected chi connectivity index (χ0v) is 86.2. The molecule has 0 saturated carbocycles. The maximum Gasteiger partial charge on any atom is 0.514 e. The standard InChI is InChI=1S/C51H61N5O14S.C43H48N4O11S.C8H15NO4/c1-23-15-27-16-29-30(19-52)56-31-20-64-46(59)51(28-18-32(62-11)33(17-26(28)13-14-53-51)67-48(61)70-50(7,8)9)21-71-44(38(56)37(55(29)10)34(27)39(57)40(23)63-12)36-35(31)43-42(65-22-66-43)24(2)41(36)68-45(58)25(3)54-47(60)69-49(4,5)6;1-19-11-22-12-24-25(15-44)47-26-16-54-40(50)43(23-14-27(52-7)28(13-21(23)9-10-45-43)57-41(51)58-42(3,4)5)17-59-39(31-30(26)38-37(55-18-56-38)20(2)34(31)48)33(47)32(46(24)6)29(22)35(49)36(19)53-8;1-5(6(10)11)9-7(12)13-8(2,3)4/h15,17-18,25,29-31,37-38,44,53,57H,13-14,16,20-22H2,1-12H3,(H,54,60);11,13-14,24-26,32-33,39,45,48-49H,9-10,12,16-18H2,1-8H3;5H,1-4H3,(H,9,12)(H,10,11)/t25-,29-,30-,31-,37+,38?,44+,51+;24-,25-,26-,32+,33?,39+,43+;5-/m000/s1. The monoisotopic (exact) mass is 2020 g/mol. The van der Waals surface area contributed by atoms with E-state index in [0.717, 1.165) is 27.8 Å². The number of hydrogen-bond acceptors (Lipinski definition) is 38. The number of carboxylic acids is 1.